The smallest absolute Gasteiger partial charge is 0.282 e. The van der Waals surface area contributed by atoms with E-state index in [1.54, 1.807) is 0 Å². The van der Waals surface area contributed by atoms with Crippen molar-refractivity contribution in [1.82, 2.24) is 13.9 Å². The first-order valence-electron chi connectivity index (χ1n) is 7.34. The molecule has 2 aliphatic rings. The minimum atomic E-state index is -3.57. The van der Waals surface area contributed by atoms with Crippen LogP contribution in [0.25, 0.3) is 0 Å². The van der Waals surface area contributed by atoms with Crippen molar-refractivity contribution in [2.45, 2.75) is 25.3 Å². The molecule has 0 spiro atoms. The fraction of sp³-hybridized carbons (Fsp3) is 1.00. The standard InChI is InChI=1S/C12H25N3O4S2/c1-13-8-11-4-3-6-15(9-11)21(18,19)14(2)12-5-7-20(16,17)10-12/h11-13H,3-10H2,1-2H3. The molecule has 1 N–H and O–H groups in total. The number of hydrogen-bond donors (Lipinski definition) is 1. The molecular weight excluding hydrogens is 314 g/mol. The molecule has 0 radical (unpaired) electrons. The van der Waals surface area contributed by atoms with Gasteiger partial charge in [0.2, 0.25) is 0 Å². The van der Waals surface area contributed by atoms with Gasteiger partial charge >= 0.3 is 0 Å². The number of hydrogen-bond acceptors (Lipinski definition) is 5. The van der Waals surface area contributed by atoms with Gasteiger partial charge in [-0.1, -0.05) is 0 Å². The Kier molecular flexibility index (Phi) is 5.30. The van der Waals surface area contributed by atoms with Gasteiger partial charge in [-0.25, -0.2) is 8.42 Å². The lowest BCUT2D eigenvalue weighted by Crippen LogP contribution is -2.51. The lowest BCUT2D eigenvalue weighted by molar-refractivity contribution is 0.242. The van der Waals surface area contributed by atoms with Gasteiger partial charge in [-0.05, 0) is 38.8 Å². The van der Waals surface area contributed by atoms with E-state index in [1.165, 1.54) is 15.7 Å². The van der Waals surface area contributed by atoms with Crippen LogP contribution < -0.4 is 5.32 Å². The van der Waals surface area contributed by atoms with Crippen molar-refractivity contribution in [1.29, 1.82) is 0 Å². The number of nitrogens with one attached hydrogen (secondary N) is 1. The number of sulfone groups is 1. The summed E-state index contributed by atoms with van der Waals surface area (Å²) in [5, 5.41) is 3.09. The van der Waals surface area contributed by atoms with Crippen LogP contribution in [0.5, 0.6) is 0 Å². The first-order chi connectivity index (χ1) is 9.76. The zero-order valence-electron chi connectivity index (χ0n) is 12.7. The van der Waals surface area contributed by atoms with Gasteiger partial charge in [0, 0.05) is 26.2 Å². The fourth-order valence-corrected chi connectivity index (χ4v) is 6.67. The third-order valence-electron chi connectivity index (χ3n) is 4.39. The van der Waals surface area contributed by atoms with E-state index >= 15 is 0 Å². The van der Waals surface area contributed by atoms with E-state index < -0.39 is 26.1 Å². The van der Waals surface area contributed by atoms with Gasteiger partial charge in [0.15, 0.2) is 9.84 Å². The molecule has 7 nitrogen and oxygen atoms in total. The molecule has 2 unspecified atom stereocenters. The molecule has 9 heteroatoms. The van der Waals surface area contributed by atoms with E-state index in [9.17, 15) is 16.8 Å². The summed E-state index contributed by atoms with van der Waals surface area (Å²) < 4.78 is 51.2. The number of rotatable bonds is 5. The van der Waals surface area contributed by atoms with E-state index in [0.29, 0.717) is 25.4 Å². The Balaban J connectivity index is 2.06. The molecule has 0 bridgehead atoms. The summed E-state index contributed by atoms with van der Waals surface area (Å²) in [5.74, 6) is 0.343. The Bertz CT molecular complexity index is 559. The van der Waals surface area contributed by atoms with Gasteiger partial charge in [-0.3, -0.25) is 0 Å². The number of piperidine rings is 1. The molecule has 2 fully saturated rings. The van der Waals surface area contributed by atoms with Crippen LogP contribution in [0.15, 0.2) is 0 Å². The van der Waals surface area contributed by atoms with Crippen molar-refractivity contribution >= 4 is 20.0 Å². The first kappa shape index (κ1) is 17.1. The average Bonchev–Trinajstić information content (AvgIpc) is 2.79. The van der Waals surface area contributed by atoms with Gasteiger partial charge in [0.25, 0.3) is 10.2 Å². The molecule has 0 aromatic carbocycles. The molecule has 2 rings (SSSR count). The van der Waals surface area contributed by atoms with Gasteiger partial charge in [-0.2, -0.15) is 17.0 Å². The van der Waals surface area contributed by atoms with Gasteiger partial charge in [0.1, 0.15) is 0 Å². The van der Waals surface area contributed by atoms with Crippen LogP contribution in [-0.4, -0.2) is 76.7 Å². The molecule has 2 aliphatic heterocycles. The van der Waals surface area contributed by atoms with E-state index in [2.05, 4.69) is 5.32 Å². The summed E-state index contributed by atoms with van der Waals surface area (Å²) in [7, 11) is -3.29. The second-order valence-corrected chi connectivity index (χ2v) is 10.2. The summed E-state index contributed by atoms with van der Waals surface area (Å²) in [6.07, 6.45) is 2.27. The Morgan fingerprint density at radius 2 is 2.05 bits per heavy atom. The zero-order chi connectivity index (χ0) is 15.7. The molecule has 2 heterocycles. The quantitative estimate of drug-likeness (QED) is 0.714. The predicted molar refractivity (Wildman–Crippen MR) is 82.0 cm³/mol. The van der Waals surface area contributed by atoms with Crippen LogP contribution in [-0.2, 0) is 20.0 Å². The van der Waals surface area contributed by atoms with Crippen LogP contribution in [0.4, 0.5) is 0 Å². The molecular formula is C12H25N3O4S2. The monoisotopic (exact) mass is 339 g/mol. The largest absolute Gasteiger partial charge is 0.319 e. The Labute approximate surface area is 127 Å². The van der Waals surface area contributed by atoms with Crippen molar-refractivity contribution in [3.63, 3.8) is 0 Å². The molecule has 0 aliphatic carbocycles. The lowest BCUT2D eigenvalue weighted by Gasteiger charge is -2.35. The van der Waals surface area contributed by atoms with Crippen molar-refractivity contribution < 1.29 is 16.8 Å². The maximum absolute atomic E-state index is 12.7. The SMILES string of the molecule is CNCC1CCCN(S(=O)(=O)N(C)C2CCS(=O)(=O)C2)C1. The summed E-state index contributed by atoms with van der Waals surface area (Å²) in [4.78, 5) is 0. The van der Waals surface area contributed by atoms with Crippen molar-refractivity contribution in [2.75, 3.05) is 45.2 Å². The van der Waals surface area contributed by atoms with Gasteiger partial charge in [-0.15, -0.1) is 0 Å². The van der Waals surface area contributed by atoms with Crippen LogP contribution in [0.2, 0.25) is 0 Å². The Morgan fingerprint density at radius 1 is 1.33 bits per heavy atom. The molecule has 0 aromatic rings. The van der Waals surface area contributed by atoms with Crippen LogP contribution in [0.1, 0.15) is 19.3 Å². The highest BCUT2D eigenvalue weighted by atomic mass is 32.2. The molecule has 0 aromatic heterocycles. The molecule has 2 atom stereocenters. The summed E-state index contributed by atoms with van der Waals surface area (Å²) in [6.45, 7) is 1.83. The molecule has 0 saturated carbocycles. The number of nitrogens with zero attached hydrogens (tertiary/aromatic N) is 2. The maximum Gasteiger partial charge on any atom is 0.282 e. The van der Waals surface area contributed by atoms with E-state index in [0.717, 1.165) is 19.4 Å². The van der Waals surface area contributed by atoms with E-state index in [4.69, 9.17) is 0 Å². The van der Waals surface area contributed by atoms with Gasteiger partial charge < -0.3 is 5.32 Å². The summed E-state index contributed by atoms with van der Waals surface area (Å²) in [5.41, 5.74) is 0. The highest BCUT2D eigenvalue weighted by molar-refractivity contribution is 7.91. The minimum absolute atomic E-state index is 0.0590. The highest BCUT2D eigenvalue weighted by Crippen LogP contribution is 2.24. The average molecular weight is 339 g/mol. The third-order valence-corrected chi connectivity index (χ3v) is 8.15. The topological polar surface area (TPSA) is 86.8 Å². The molecule has 0 amide bonds. The third kappa shape index (κ3) is 3.95. The second-order valence-electron chi connectivity index (χ2n) is 6.00. The predicted octanol–water partition coefficient (Wildman–Crippen LogP) is -0.718. The summed E-state index contributed by atoms with van der Waals surface area (Å²) in [6, 6.07) is -0.426. The van der Waals surface area contributed by atoms with E-state index in [1.807, 2.05) is 7.05 Å². The van der Waals surface area contributed by atoms with Gasteiger partial charge in [0.05, 0.1) is 11.5 Å². The van der Waals surface area contributed by atoms with Crippen LogP contribution in [0, 0.1) is 5.92 Å². The molecule has 124 valence electrons. The van der Waals surface area contributed by atoms with Crippen molar-refractivity contribution in [2.24, 2.45) is 5.92 Å². The van der Waals surface area contributed by atoms with Crippen molar-refractivity contribution in [3.05, 3.63) is 0 Å². The fourth-order valence-electron chi connectivity index (χ4n) is 3.12. The summed E-state index contributed by atoms with van der Waals surface area (Å²) >= 11 is 0. The lowest BCUT2D eigenvalue weighted by atomic mass is 10.00. The normalized spacial score (nSPS) is 30.8. The second kappa shape index (κ2) is 6.49. The Morgan fingerprint density at radius 3 is 2.62 bits per heavy atom. The maximum atomic E-state index is 12.7. The highest BCUT2D eigenvalue weighted by Gasteiger charge is 2.39. The van der Waals surface area contributed by atoms with Crippen LogP contribution in [0.3, 0.4) is 0 Å². The molecule has 21 heavy (non-hydrogen) atoms. The molecule has 2 saturated heterocycles. The van der Waals surface area contributed by atoms with Crippen molar-refractivity contribution in [3.8, 4) is 0 Å². The minimum Gasteiger partial charge on any atom is -0.319 e. The zero-order valence-corrected chi connectivity index (χ0v) is 14.3. The van der Waals surface area contributed by atoms with E-state index in [-0.39, 0.29) is 11.5 Å². The first-order valence-corrected chi connectivity index (χ1v) is 10.6. The van der Waals surface area contributed by atoms with Crippen LogP contribution >= 0.6 is 0 Å². The Hall–Kier alpha value is -0.220.